The van der Waals surface area contributed by atoms with Crippen LogP contribution in [0.2, 0.25) is 0 Å². The van der Waals surface area contributed by atoms with Crippen LogP contribution in [0.15, 0.2) is 72.8 Å². The predicted molar refractivity (Wildman–Crippen MR) is 292 cm³/mol. The van der Waals surface area contributed by atoms with Gasteiger partial charge in [-0.2, -0.15) is 0 Å². The fourth-order valence-corrected chi connectivity index (χ4v) is 9.98. The lowest BCUT2D eigenvalue weighted by atomic mass is 9.90. The molecule has 68 heavy (non-hydrogen) atoms. The van der Waals surface area contributed by atoms with E-state index >= 15 is 0 Å². The topological polar surface area (TPSA) is 98.7 Å². The minimum absolute atomic E-state index is 0.0216. The Morgan fingerprint density at radius 1 is 0.441 bits per heavy atom. The molecular weight excluding hydrogens is 837 g/mol. The third-order valence-electron chi connectivity index (χ3n) is 14.2. The molecule has 2 amide bonds. The summed E-state index contributed by atoms with van der Waals surface area (Å²) in [5.41, 5.74) is 3.05. The lowest BCUT2D eigenvalue weighted by Gasteiger charge is -2.16. The molecule has 0 heterocycles. The monoisotopic (exact) mass is 931 g/mol. The second kappa shape index (κ2) is 34.9. The molecule has 4 N–H and O–H groups in total. The highest BCUT2D eigenvalue weighted by Gasteiger charge is 2.20. The summed E-state index contributed by atoms with van der Waals surface area (Å²) in [6, 6.07) is 18.8. The van der Waals surface area contributed by atoms with E-state index in [0.29, 0.717) is 37.1 Å². The highest BCUT2D eigenvalue weighted by Crippen LogP contribution is 2.36. The highest BCUT2D eigenvalue weighted by atomic mass is 16.3. The average molecular weight is 931 g/mol. The molecule has 0 aliphatic carbocycles. The molecule has 4 aromatic carbocycles. The number of hydrogen-bond acceptors (Lipinski definition) is 4. The Hall–Kier alpha value is -4.32. The van der Waals surface area contributed by atoms with Gasteiger partial charge in [-0.25, -0.2) is 0 Å². The van der Waals surface area contributed by atoms with Crippen LogP contribution in [-0.2, 0) is 12.8 Å². The van der Waals surface area contributed by atoms with E-state index in [1.165, 1.54) is 180 Å². The molecule has 0 aliphatic heterocycles. The summed E-state index contributed by atoms with van der Waals surface area (Å²) < 4.78 is 0. The Balaban J connectivity index is 1.16. The van der Waals surface area contributed by atoms with Gasteiger partial charge in [-0.15, -0.1) is 0 Å². The maximum Gasteiger partial charge on any atom is 0.255 e. The molecular formula is C62H94N2O4. The van der Waals surface area contributed by atoms with Crippen LogP contribution in [0.5, 0.6) is 11.5 Å². The zero-order valence-electron chi connectivity index (χ0n) is 43.1. The molecule has 0 aliphatic rings. The summed E-state index contributed by atoms with van der Waals surface area (Å²) in [5, 5.41) is 32.4. The van der Waals surface area contributed by atoms with Crippen molar-refractivity contribution in [1.29, 1.82) is 0 Å². The number of nitrogens with one attached hydrogen (secondary N) is 2. The number of hydrogen-bond donors (Lipinski definition) is 4. The van der Waals surface area contributed by atoms with Crippen LogP contribution in [0, 0.1) is 0 Å². The van der Waals surface area contributed by atoms with Crippen molar-refractivity contribution < 1.29 is 19.8 Å². The molecule has 0 saturated carbocycles. The zero-order chi connectivity index (χ0) is 48.4. The maximum absolute atomic E-state index is 13.5. The first kappa shape index (κ1) is 56.3. The van der Waals surface area contributed by atoms with Crippen molar-refractivity contribution in [2.24, 2.45) is 0 Å². The minimum Gasteiger partial charge on any atom is -0.508 e. The van der Waals surface area contributed by atoms with Gasteiger partial charge < -0.3 is 20.8 Å². The third-order valence-corrected chi connectivity index (χ3v) is 14.2. The van der Waals surface area contributed by atoms with E-state index in [4.69, 9.17) is 0 Å². The van der Waals surface area contributed by atoms with Gasteiger partial charge in [-0.3, -0.25) is 9.59 Å². The number of carbonyl (C=O) groups is 2. The van der Waals surface area contributed by atoms with Gasteiger partial charge in [0, 0.05) is 29.8 Å². The number of aromatic hydroxyl groups is 2. The molecule has 0 radical (unpaired) electrons. The number of allylic oxidation sites excluding steroid dienone is 1. The van der Waals surface area contributed by atoms with Gasteiger partial charge in [-0.1, -0.05) is 255 Å². The Morgan fingerprint density at radius 2 is 0.838 bits per heavy atom. The summed E-state index contributed by atoms with van der Waals surface area (Å²) in [5.74, 6) is -0.205. The van der Waals surface area contributed by atoms with Gasteiger partial charge in [0.2, 0.25) is 0 Å². The van der Waals surface area contributed by atoms with Crippen molar-refractivity contribution in [2.45, 2.75) is 232 Å². The van der Waals surface area contributed by atoms with Crippen molar-refractivity contribution in [3.63, 3.8) is 0 Å². The first-order valence-corrected chi connectivity index (χ1v) is 28.0. The Labute approximate surface area is 414 Å². The average Bonchev–Trinajstić information content (AvgIpc) is 3.34. The van der Waals surface area contributed by atoms with Gasteiger partial charge >= 0.3 is 0 Å². The van der Waals surface area contributed by atoms with Crippen LogP contribution < -0.4 is 10.6 Å². The molecule has 0 unspecified atom stereocenters. The summed E-state index contributed by atoms with van der Waals surface area (Å²) in [7, 11) is 0. The first-order valence-electron chi connectivity index (χ1n) is 28.0. The van der Waals surface area contributed by atoms with E-state index in [-0.39, 0.29) is 28.9 Å². The van der Waals surface area contributed by atoms with Crippen LogP contribution in [0.3, 0.4) is 0 Å². The fourth-order valence-electron chi connectivity index (χ4n) is 9.98. The normalized spacial score (nSPS) is 11.4. The van der Waals surface area contributed by atoms with Crippen molar-refractivity contribution in [1.82, 2.24) is 10.6 Å². The number of rotatable bonds is 40. The summed E-state index contributed by atoms with van der Waals surface area (Å²) in [4.78, 5) is 26.7. The summed E-state index contributed by atoms with van der Waals surface area (Å²) in [6.07, 6.45) is 42.8. The smallest absolute Gasteiger partial charge is 0.255 e. The summed E-state index contributed by atoms with van der Waals surface area (Å²) >= 11 is 0. The Morgan fingerprint density at radius 3 is 1.32 bits per heavy atom. The molecule has 0 saturated heterocycles. The molecule has 4 rings (SSSR count). The lowest BCUT2D eigenvalue weighted by molar-refractivity contribution is 0.0943. The van der Waals surface area contributed by atoms with Crippen LogP contribution >= 0.6 is 0 Å². The standard InChI is InChI=1S/C62H94N2O4/c1-4-6-8-10-12-14-16-18-20-22-24-26-28-30-32-36-44-63-61(67)53-40-42-55-52(48-53)41-43-59(65)56(55)46-50(3)47-57-54-39-35-34-38-51(54)49-58(60(57)66)62(68)64-45-37-33-31-29-27-25-23-21-19-17-15-13-11-9-7-5-2/h34-35,38-43,48-49,65-66H,3-33,36-37,44-47H2,1-2H3,(H,63,67)(H,64,68). The van der Waals surface area contributed by atoms with E-state index in [9.17, 15) is 19.8 Å². The number of benzene rings is 4. The van der Waals surface area contributed by atoms with Crippen LogP contribution in [0.4, 0.5) is 0 Å². The van der Waals surface area contributed by atoms with Crippen molar-refractivity contribution in [3.8, 4) is 11.5 Å². The Kier molecular flexibility index (Phi) is 28.9. The minimum atomic E-state index is -0.266. The molecule has 0 fully saturated rings. The molecule has 376 valence electrons. The highest BCUT2D eigenvalue weighted by molar-refractivity contribution is 6.03. The molecule has 4 aromatic rings. The lowest BCUT2D eigenvalue weighted by Crippen LogP contribution is -2.24. The Bertz CT molecular complexity index is 2040. The van der Waals surface area contributed by atoms with Gasteiger partial charge in [0.05, 0.1) is 5.56 Å². The zero-order valence-corrected chi connectivity index (χ0v) is 43.1. The van der Waals surface area contributed by atoms with Gasteiger partial charge in [0.15, 0.2) is 0 Å². The predicted octanol–water partition coefficient (Wildman–Crippen LogP) is 17.7. The van der Waals surface area contributed by atoms with Crippen LogP contribution in [-0.4, -0.2) is 35.1 Å². The number of fused-ring (bicyclic) bond motifs is 2. The SMILES string of the molecule is C=C(Cc1c(O)ccc2cc(C(=O)NCCCCCCCCCCCCCCCCCC)ccc12)Cc1c(O)c(C(=O)NCCCCCCCCCCCCCCCCCC)cc2ccccc12. The van der Waals surface area contributed by atoms with Crippen molar-refractivity contribution in [3.05, 3.63) is 95.1 Å². The fraction of sp³-hybridized carbons (Fsp3) is 0.613. The number of unbranched alkanes of at least 4 members (excludes halogenated alkanes) is 30. The molecule has 6 heteroatoms. The number of amides is 2. The van der Waals surface area contributed by atoms with E-state index in [1.807, 2.05) is 48.5 Å². The van der Waals surface area contributed by atoms with E-state index in [2.05, 4.69) is 31.1 Å². The van der Waals surface area contributed by atoms with E-state index < -0.39 is 0 Å². The molecule has 0 spiro atoms. The summed E-state index contributed by atoms with van der Waals surface area (Å²) in [6.45, 7) is 10.2. The number of phenolic OH excluding ortho intramolecular Hbond substituents is 2. The maximum atomic E-state index is 13.5. The third kappa shape index (κ3) is 21.5. The van der Waals surface area contributed by atoms with E-state index in [1.54, 1.807) is 12.1 Å². The molecule has 0 bridgehead atoms. The first-order chi connectivity index (χ1) is 33.3. The van der Waals surface area contributed by atoms with Crippen LogP contribution in [0.1, 0.15) is 251 Å². The van der Waals surface area contributed by atoms with Gasteiger partial charge in [0.1, 0.15) is 11.5 Å². The molecule has 6 nitrogen and oxygen atoms in total. The quantitative estimate of drug-likeness (QED) is 0.0264. The van der Waals surface area contributed by atoms with Crippen molar-refractivity contribution in [2.75, 3.05) is 13.1 Å². The van der Waals surface area contributed by atoms with Gasteiger partial charge in [-0.05, 0) is 71.5 Å². The number of phenols is 2. The van der Waals surface area contributed by atoms with Crippen LogP contribution in [0.25, 0.3) is 21.5 Å². The molecule has 0 aromatic heterocycles. The van der Waals surface area contributed by atoms with E-state index in [0.717, 1.165) is 58.4 Å². The second-order valence-electron chi connectivity index (χ2n) is 20.2. The molecule has 0 atom stereocenters. The van der Waals surface area contributed by atoms with Crippen molar-refractivity contribution >= 4 is 33.4 Å². The van der Waals surface area contributed by atoms with Gasteiger partial charge in [0.25, 0.3) is 11.8 Å². The largest absolute Gasteiger partial charge is 0.508 e. The number of carbonyl (C=O) groups excluding carboxylic acids is 2. The second-order valence-corrected chi connectivity index (χ2v) is 20.2.